The second-order valence-electron chi connectivity index (χ2n) is 12.6. The van der Waals surface area contributed by atoms with E-state index in [9.17, 15) is 0 Å². The third kappa shape index (κ3) is 13.4. The van der Waals surface area contributed by atoms with E-state index in [4.69, 9.17) is 15.0 Å². The van der Waals surface area contributed by atoms with Crippen LogP contribution in [0.1, 0.15) is 33.4 Å². The molecule has 0 atom stereocenters. The topological polar surface area (TPSA) is 48.4 Å². The fraction of sp³-hybridized carbons (Fsp3) is 0.133. The Hall–Kier alpha value is -4.17. The van der Waals surface area contributed by atoms with E-state index >= 15 is 0 Å². The van der Waals surface area contributed by atoms with Crippen LogP contribution in [0.3, 0.4) is 0 Å². The van der Waals surface area contributed by atoms with E-state index in [-0.39, 0.29) is 0 Å². The van der Waals surface area contributed by atoms with E-state index in [1.54, 1.807) is 71.7 Å². The molecule has 1 aromatic heterocycles. The summed E-state index contributed by atoms with van der Waals surface area (Å²) < 4.78 is 6.54. The van der Waals surface area contributed by atoms with Crippen molar-refractivity contribution in [2.75, 3.05) is 11.1 Å². The molecule has 7 aromatic rings. The number of benzene rings is 6. The van der Waals surface area contributed by atoms with E-state index in [0.29, 0.717) is 17.8 Å². The van der Waals surface area contributed by atoms with Crippen LogP contribution in [0, 0.1) is 0 Å². The summed E-state index contributed by atoms with van der Waals surface area (Å²) in [7, 11) is 0. The van der Waals surface area contributed by atoms with Gasteiger partial charge in [-0.15, -0.1) is 0 Å². The van der Waals surface area contributed by atoms with Gasteiger partial charge in [0, 0.05) is 34.5 Å². The second kappa shape index (κ2) is 22.7. The molecule has 0 radical (unpaired) electrons. The molecule has 0 amide bonds. The quantitative estimate of drug-likeness (QED) is 0.0647. The van der Waals surface area contributed by atoms with Gasteiger partial charge in [-0.05, 0) is 105 Å². The molecule has 1 heterocycles. The molecule has 0 aliphatic rings. The Morgan fingerprint density at radius 2 is 0.404 bits per heavy atom. The number of anilines is 3. The summed E-state index contributed by atoms with van der Waals surface area (Å²) in [5, 5.41) is 0. The summed E-state index contributed by atoms with van der Waals surface area (Å²) in [5.74, 6) is 6.42. The summed E-state index contributed by atoms with van der Waals surface area (Å²) in [6, 6.07) is 63.5. The van der Waals surface area contributed by atoms with Crippen molar-refractivity contribution < 1.29 is 0 Å². The van der Waals surface area contributed by atoms with E-state index < -0.39 is 0 Å². The molecule has 0 fully saturated rings. The van der Waals surface area contributed by atoms with Gasteiger partial charge >= 0.3 is 0 Å². The van der Waals surface area contributed by atoms with Crippen LogP contribution in [0.2, 0.25) is 0 Å². The van der Waals surface area contributed by atoms with Crippen LogP contribution in [-0.4, -0.2) is 15.0 Å². The van der Waals surface area contributed by atoms with Gasteiger partial charge in [0.1, 0.15) is 0 Å². The molecule has 288 valence electrons. The van der Waals surface area contributed by atoms with Crippen LogP contribution in [0.15, 0.2) is 182 Å². The largest absolute Gasteiger partial charge is 0.252 e. The lowest BCUT2D eigenvalue weighted by atomic mass is 10.2. The zero-order valence-electron chi connectivity index (χ0n) is 31.2. The summed E-state index contributed by atoms with van der Waals surface area (Å²) in [6.45, 7) is 0. The molecule has 12 heteroatoms. The zero-order chi connectivity index (χ0) is 38.7. The van der Waals surface area contributed by atoms with Crippen LogP contribution in [0.4, 0.5) is 17.8 Å². The van der Waals surface area contributed by atoms with Gasteiger partial charge in [-0.1, -0.05) is 182 Å². The maximum Gasteiger partial charge on any atom is 0.252 e. The molecule has 0 aliphatic heterocycles. The molecule has 7 rings (SSSR count). The molecule has 6 nitrogen and oxygen atoms in total. The van der Waals surface area contributed by atoms with E-state index in [0.717, 1.165) is 34.5 Å². The van der Waals surface area contributed by atoms with E-state index in [1.165, 1.54) is 33.4 Å². The average molecular weight is 859 g/mol. The van der Waals surface area contributed by atoms with Gasteiger partial charge in [0.15, 0.2) is 0 Å². The second-order valence-corrected chi connectivity index (χ2v) is 18.7. The molecule has 6 aromatic carbocycles. The van der Waals surface area contributed by atoms with E-state index in [2.05, 4.69) is 193 Å². The lowest BCUT2D eigenvalue weighted by molar-refractivity contribution is 1.05. The smallest absolute Gasteiger partial charge is 0.224 e. The van der Waals surface area contributed by atoms with Crippen molar-refractivity contribution in [1.82, 2.24) is 15.0 Å². The Morgan fingerprint density at radius 3 is 0.561 bits per heavy atom. The maximum absolute atomic E-state index is 5.30. The van der Waals surface area contributed by atoms with Crippen molar-refractivity contribution in [3.05, 3.63) is 215 Å². The molecule has 57 heavy (non-hydrogen) atoms. The van der Waals surface area contributed by atoms with Crippen LogP contribution in [0.5, 0.6) is 0 Å². The van der Waals surface area contributed by atoms with Crippen LogP contribution in [0.25, 0.3) is 0 Å². The first-order chi connectivity index (χ1) is 28.2. The predicted octanol–water partition coefficient (Wildman–Crippen LogP) is 13.4. The van der Waals surface area contributed by atoms with Gasteiger partial charge in [-0.2, -0.15) is 15.0 Å². The normalized spacial score (nSPS) is 10.9. The molecule has 0 saturated heterocycles. The standard InChI is InChI=1S/C45H42N6S6/c1-7-19-37(20-8-1)31-52-49(53-32-38-21-9-2-10-22-38)43-46-44(50(54-33-39-23-11-3-12-24-39)55-34-40-25-13-4-14-26-40)48-45(47-43)51(56-35-41-27-15-5-16-28-41)57-36-42-29-17-6-18-30-42/h1-30H,31-36H2. The first-order valence-electron chi connectivity index (χ1n) is 18.4. The number of aromatic nitrogens is 3. The van der Waals surface area contributed by atoms with Crippen LogP contribution >= 0.6 is 71.7 Å². The molecule has 0 unspecified atom stereocenters. The summed E-state index contributed by atoms with van der Waals surface area (Å²) in [5.41, 5.74) is 7.41. The van der Waals surface area contributed by atoms with Gasteiger partial charge in [0.25, 0.3) is 17.8 Å². The SMILES string of the molecule is c1ccc(CSN(SCc2ccccc2)c2nc(N(SCc3ccccc3)SCc3ccccc3)nc(N(SCc3ccccc3)SCc3ccccc3)n2)cc1. The predicted molar refractivity (Wildman–Crippen MR) is 254 cm³/mol. The van der Waals surface area contributed by atoms with Crippen molar-refractivity contribution in [3.63, 3.8) is 0 Å². The van der Waals surface area contributed by atoms with Crippen molar-refractivity contribution in [2.24, 2.45) is 0 Å². The number of nitrogens with zero attached hydrogens (tertiary/aromatic N) is 6. The average Bonchev–Trinajstić information content (AvgIpc) is 3.28. The minimum Gasteiger partial charge on any atom is -0.224 e. The van der Waals surface area contributed by atoms with E-state index in [1.807, 2.05) is 0 Å². The molecule has 0 bridgehead atoms. The minimum absolute atomic E-state index is 0.605. The van der Waals surface area contributed by atoms with Crippen LogP contribution in [-0.2, 0) is 34.5 Å². The summed E-state index contributed by atoms with van der Waals surface area (Å²) >= 11 is 10.2. The Labute approximate surface area is 362 Å². The fourth-order valence-corrected chi connectivity index (χ4v) is 11.1. The highest BCUT2D eigenvalue weighted by molar-refractivity contribution is 8.18. The fourth-order valence-electron chi connectivity index (χ4n) is 5.29. The highest BCUT2D eigenvalue weighted by Crippen LogP contribution is 2.40. The first kappa shape index (κ1) is 41.0. The Morgan fingerprint density at radius 1 is 0.246 bits per heavy atom. The highest BCUT2D eigenvalue weighted by Gasteiger charge is 2.24. The lowest BCUT2D eigenvalue weighted by Crippen LogP contribution is -2.18. The van der Waals surface area contributed by atoms with Crippen molar-refractivity contribution in [1.29, 1.82) is 0 Å². The number of hydrogen-bond donors (Lipinski definition) is 0. The lowest BCUT2D eigenvalue weighted by Gasteiger charge is -2.26. The first-order valence-corrected chi connectivity index (χ1v) is 24.1. The Kier molecular flexibility index (Phi) is 16.3. The molecule has 0 N–H and O–H groups in total. The number of rotatable bonds is 21. The molecular formula is C45H42N6S6. The minimum atomic E-state index is 0.605. The third-order valence-electron chi connectivity index (χ3n) is 8.24. The summed E-state index contributed by atoms with van der Waals surface area (Å²) in [6.07, 6.45) is 0. The molecule has 0 spiro atoms. The van der Waals surface area contributed by atoms with Gasteiger partial charge in [0.2, 0.25) is 0 Å². The molecule has 0 aliphatic carbocycles. The highest BCUT2D eigenvalue weighted by atomic mass is 32.2. The monoisotopic (exact) mass is 858 g/mol. The zero-order valence-corrected chi connectivity index (χ0v) is 36.1. The van der Waals surface area contributed by atoms with Gasteiger partial charge in [-0.25, -0.2) is 11.1 Å². The van der Waals surface area contributed by atoms with Crippen molar-refractivity contribution in [3.8, 4) is 0 Å². The third-order valence-corrected chi connectivity index (χ3v) is 15.3. The van der Waals surface area contributed by atoms with Gasteiger partial charge in [-0.3, -0.25) is 0 Å². The Bertz CT molecular complexity index is 1780. The van der Waals surface area contributed by atoms with Gasteiger partial charge in [0.05, 0.1) is 0 Å². The van der Waals surface area contributed by atoms with Gasteiger partial charge < -0.3 is 0 Å². The van der Waals surface area contributed by atoms with Crippen LogP contribution < -0.4 is 11.1 Å². The van der Waals surface area contributed by atoms with Crippen molar-refractivity contribution in [2.45, 2.75) is 34.5 Å². The molecule has 0 saturated carbocycles. The summed E-state index contributed by atoms with van der Waals surface area (Å²) in [4.78, 5) is 15.9. The maximum atomic E-state index is 5.30. The van der Waals surface area contributed by atoms with Crippen molar-refractivity contribution >= 4 is 89.5 Å². The molecular weight excluding hydrogens is 817 g/mol. The number of hydrogen-bond acceptors (Lipinski definition) is 12. The Balaban J connectivity index is 1.28.